The Balaban J connectivity index is 1.58. The first-order valence-corrected chi connectivity index (χ1v) is 11.2. The lowest BCUT2D eigenvalue weighted by Gasteiger charge is -2.27. The summed E-state index contributed by atoms with van der Waals surface area (Å²) < 4.78 is 5.84. The summed E-state index contributed by atoms with van der Waals surface area (Å²) in [4.78, 5) is 32.5. The predicted molar refractivity (Wildman–Crippen MR) is 130 cm³/mol. The van der Waals surface area contributed by atoms with Crippen molar-refractivity contribution < 1.29 is 14.3 Å². The molecule has 2 aromatic carbocycles. The number of carbonyl (C=O) groups is 2. The molecule has 0 unspecified atom stereocenters. The Morgan fingerprint density at radius 1 is 1.12 bits per heavy atom. The molecule has 33 heavy (non-hydrogen) atoms. The quantitative estimate of drug-likeness (QED) is 0.331. The van der Waals surface area contributed by atoms with Crippen molar-refractivity contribution in [3.63, 3.8) is 0 Å². The Morgan fingerprint density at radius 2 is 1.82 bits per heavy atom. The molecular weight excluding hydrogens is 416 g/mol. The van der Waals surface area contributed by atoms with Crippen molar-refractivity contribution in [2.75, 3.05) is 18.1 Å². The van der Waals surface area contributed by atoms with Gasteiger partial charge in [-0.1, -0.05) is 32.0 Å². The maximum atomic E-state index is 13.1. The van der Waals surface area contributed by atoms with Gasteiger partial charge in [0, 0.05) is 19.1 Å². The fraction of sp³-hybridized carbons (Fsp3) is 0.423. The molecule has 1 fully saturated rings. The number of urea groups is 1. The Labute approximate surface area is 196 Å². The van der Waals surface area contributed by atoms with Crippen molar-refractivity contribution in [1.82, 2.24) is 10.2 Å². The van der Waals surface area contributed by atoms with E-state index in [1.54, 1.807) is 43.9 Å². The van der Waals surface area contributed by atoms with Crippen LogP contribution in [0.5, 0.6) is 5.75 Å². The van der Waals surface area contributed by atoms with Gasteiger partial charge in [-0.05, 0) is 62.6 Å². The van der Waals surface area contributed by atoms with Gasteiger partial charge in [-0.25, -0.2) is 14.5 Å². The highest BCUT2D eigenvalue weighted by atomic mass is 16.5. The van der Waals surface area contributed by atoms with Crippen LogP contribution in [-0.4, -0.2) is 41.6 Å². The Morgan fingerprint density at radius 3 is 2.42 bits per heavy atom. The molecule has 1 heterocycles. The van der Waals surface area contributed by atoms with Gasteiger partial charge in [0.1, 0.15) is 11.3 Å². The molecule has 2 aromatic rings. The Kier molecular flexibility index (Phi) is 7.39. The minimum atomic E-state index is -0.950. The number of aryl methyl sites for hydroxylation is 1. The molecule has 0 aromatic heterocycles. The molecule has 1 saturated heterocycles. The SMILES string of the molecule is [C-]#[N+]c1ccc(N2C(=O)N(CCCOc3ccc(CNC(C)C)cc3)C(C)(C)C2=O)cc1C. The number of anilines is 1. The molecule has 0 bridgehead atoms. The topological polar surface area (TPSA) is 66.2 Å². The maximum absolute atomic E-state index is 13.1. The molecule has 7 heteroatoms. The van der Waals surface area contributed by atoms with E-state index in [2.05, 4.69) is 24.0 Å². The number of hydrogen-bond acceptors (Lipinski definition) is 4. The van der Waals surface area contributed by atoms with E-state index in [-0.39, 0.29) is 11.9 Å². The van der Waals surface area contributed by atoms with Crippen molar-refractivity contribution in [3.8, 4) is 5.75 Å². The summed E-state index contributed by atoms with van der Waals surface area (Å²) in [6.45, 7) is 18.4. The summed E-state index contributed by atoms with van der Waals surface area (Å²) in [5.41, 5.74) is 1.98. The monoisotopic (exact) mass is 448 g/mol. The summed E-state index contributed by atoms with van der Waals surface area (Å²) >= 11 is 0. The largest absolute Gasteiger partial charge is 0.494 e. The highest BCUT2D eigenvalue weighted by Crippen LogP contribution is 2.34. The fourth-order valence-corrected chi connectivity index (χ4v) is 3.78. The summed E-state index contributed by atoms with van der Waals surface area (Å²) in [5.74, 6) is 0.511. The van der Waals surface area contributed by atoms with Crippen molar-refractivity contribution in [1.29, 1.82) is 0 Å². The second kappa shape index (κ2) is 10.1. The summed E-state index contributed by atoms with van der Waals surface area (Å²) in [6, 6.07) is 13.1. The lowest BCUT2D eigenvalue weighted by molar-refractivity contribution is -0.123. The molecule has 7 nitrogen and oxygen atoms in total. The van der Waals surface area contributed by atoms with E-state index < -0.39 is 5.54 Å². The second-order valence-corrected chi connectivity index (χ2v) is 9.10. The van der Waals surface area contributed by atoms with E-state index in [0.717, 1.165) is 17.9 Å². The minimum Gasteiger partial charge on any atom is -0.494 e. The molecule has 1 aliphatic heterocycles. The number of rotatable bonds is 9. The van der Waals surface area contributed by atoms with Crippen LogP contribution in [0.3, 0.4) is 0 Å². The molecule has 0 saturated carbocycles. The Bertz CT molecular complexity index is 1050. The first-order valence-electron chi connectivity index (χ1n) is 11.2. The van der Waals surface area contributed by atoms with Crippen LogP contribution in [0.1, 0.15) is 45.2 Å². The van der Waals surface area contributed by atoms with Crippen LogP contribution in [0.4, 0.5) is 16.2 Å². The lowest BCUT2D eigenvalue weighted by atomic mass is 10.0. The van der Waals surface area contributed by atoms with Gasteiger partial charge in [0.2, 0.25) is 0 Å². The number of nitrogens with zero attached hydrogens (tertiary/aromatic N) is 3. The van der Waals surface area contributed by atoms with E-state index >= 15 is 0 Å². The summed E-state index contributed by atoms with van der Waals surface area (Å²) in [7, 11) is 0. The van der Waals surface area contributed by atoms with Gasteiger partial charge in [0.05, 0.1) is 18.9 Å². The van der Waals surface area contributed by atoms with Crippen LogP contribution < -0.4 is 15.0 Å². The molecule has 3 rings (SSSR count). The van der Waals surface area contributed by atoms with Gasteiger partial charge in [-0.15, -0.1) is 0 Å². The zero-order valence-corrected chi connectivity index (χ0v) is 20.0. The average Bonchev–Trinajstić information content (AvgIpc) is 2.94. The first-order chi connectivity index (χ1) is 15.6. The number of nitrogens with one attached hydrogen (secondary N) is 1. The third-order valence-electron chi connectivity index (χ3n) is 5.82. The van der Waals surface area contributed by atoms with Crippen molar-refractivity contribution in [2.45, 2.75) is 59.2 Å². The standard InChI is InChI=1S/C26H32N4O3/c1-18(2)28-17-20-8-11-22(12-9-20)33-15-7-14-29-25(32)30(24(31)26(29,4)5)21-10-13-23(27-6)19(3)16-21/h8-13,16,18,28H,7,14-15,17H2,1-5H3. The molecule has 3 amide bonds. The third kappa shape index (κ3) is 5.35. The van der Waals surface area contributed by atoms with Crippen LogP contribution in [0.2, 0.25) is 0 Å². The predicted octanol–water partition coefficient (Wildman–Crippen LogP) is 5.06. The molecular formula is C26H32N4O3. The van der Waals surface area contributed by atoms with Crippen LogP contribution in [0, 0.1) is 13.5 Å². The zero-order chi connectivity index (χ0) is 24.2. The van der Waals surface area contributed by atoms with Gasteiger partial charge in [0.15, 0.2) is 5.69 Å². The van der Waals surface area contributed by atoms with Gasteiger partial charge in [0.25, 0.3) is 5.91 Å². The van der Waals surface area contributed by atoms with E-state index in [1.165, 1.54) is 10.5 Å². The molecule has 1 aliphatic rings. The molecule has 0 aliphatic carbocycles. The number of amides is 3. The molecule has 0 radical (unpaired) electrons. The average molecular weight is 449 g/mol. The van der Waals surface area contributed by atoms with Crippen molar-refractivity contribution in [2.24, 2.45) is 0 Å². The highest BCUT2D eigenvalue weighted by molar-refractivity contribution is 6.23. The molecule has 0 spiro atoms. The second-order valence-electron chi connectivity index (χ2n) is 9.10. The molecule has 1 N–H and O–H groups in total. The van der Waals surface area contributed by atoms with Crippen molar-refractivity contribution >= 4 is 23.3 Å². The number of imide groups is 1. The van der Waals surface area contributed by atoms with E-state index in [0.29, 0.717) is 37.0 Å². The Hall–Kier alpha value is -3.37. The van der Waals surface area contributed by atoms with E-state index in [9.17, 15) is 9.59 Å². The van der Waals surface area contributed by atoms with Gasteiger partial charge < -0.3 is 15.0 Å². The maximum Gasteiger partial charge on any atom is 0.332 e. The zero-order valence-electron chi connectivity index (χ0n) is 20.0. The van der Waals surface area contributed by atoms with Crippen LogP contribution in [-0.2, 0) is 11.3 Å². The van der Waals surface area contributed by atoms with Gasteiger partial charge in [-0.3, -0.25) is 4.79 Å². The lowest BCUT2D eigenvalue weighted by Crippen LogP contribution is -2.44. The number of benzene rings is 2. The van der Waals surface area contributed by atoms with Gasteiger partial charge >= 0.3 is 6.03 Å². The molecule has 0 atom stereocenters. The van der Waals surface area contributed by atoms with E-state index in [1.807, 2.05) is 24.3 Å². The summed E-state index contributed by atoms with van der Waals surface area (Å²) in [6.07, 6.45) is 0.600. The highest BCUT2D eigenvalue weighted by Gasteiger charge is 2.51. The van der Waals surface area contributed by atoms with Gasteiger partial charge in [-0.2, -0.15) is 0 Å². The van der Waals surface area contributed by atoms with Crippen molar-refractivity contribution in [3.05, 3.63) is 65.0 Å². The number of ether oxygens (including phenoxy) is 1. The van der Waals surface area contributed by atoms with Crippen LogP contribution >= 0.6 is 0 Å². The minimum absolute atomic E-state index is 0.269. The fourth-order valence-electron chi connectivity index (χ4n) is 3.78. The van der Waals surface area contributed by atoms with Crippen LogP contribution in [0.15, 0.2) is 42.5 Å². The summed E-state index contributed by atoms with van der Waals surface area (Å²) in [5, 5.41) is 3.38. The third-order valence-corrected chi connectivity index (χ3v) is 5.82. The number of carbonyl (C=O) groups excluding carboxylic acids is 2. The first kappa shape index (κ1) is 24.3. The molecule has 174 valence electrons. The smallest absolute Gasteiger partial charge is 0.332 e. The van der Waals surface area contributed by atoms with E-state index in [4.69, 9.17) is 11.3 Å². The normalized spacial score (nSPS) is 15.3. The number of hydrogen-bond donors (Lipinski definition) is 1. The van der Waals surface area contributed by atoms with Crippen LogP contribution in [0.25, 0.3) is 4.85 Å².